The highest BCUT2D eigenvalue weighted by molar-refractivity contribution is 5.78. The monoisotopic (exact) mass is 363 g/mol. The van der Waals surface area contributed by atoms with Crippen LogP contribution in [-0.2, 0) is 16.6 Å². The largest absolute Gasteiger partial charge is 0.486 e. The SMILES string of the molecule is CN1C(=O)CC[C@]2(C)c3ccc(-c4ccc5c(c4)OCCO5)cc3CC[C@@H]12. The van der Waals surface area contributed by atoms with Crippen LogP contribution in [0.25, 0.3) is 11.1 Å². The lowest BCUT2D eigenvalue weighted by atomic mass is 9.63. The number of benzene rings is 2. The molecule has 0 bridgehead atoms. The van der Waals surface area contributed by atoms with Crippen molar-refractivity contribution in [1.29, 1.82) is 0 Å². The van der Waals surface area contributed by atoms with E-state index in [0.717, 1.165) is 36.3 Å². The predicted molar refractivity (Wildman–Crippen MR) is 104 cm³/mol. The Morgan fingerprint density at radius 1 is 1.00 bits per heavy atom. The number of ether oxygens (including phenoxy) is 2. The number of likely N-dealkylation sites (tertiary alicyclic amines) is 1. The van der Waals surface area contributed by atoms with E-state index in [1.54, 1.807) is 0 Å². The first-order valence-corrected chi connectivity index (χ1v) is 9.85. The van der Waals surface area contributed by atoms with Gasteiger partial charge in [0.25, 0.3) is 0 Å². The van der Waals surface area contributed by atoms with E-state index in [1.807, 2.05) is 18.0 Å². The van der Waals surface area contributed by atoms with Crippen LogP contribution in [0, 0.1) is 0 Å². The van der Waals surface area contributed by atoms with Gasteiger partial charge in [-0.2, -0.15) is 0 Å². The van der Waals surface area contributed by atoms with Crippen molar-refractivity contribution in [3.63, 3.8) is 0 Å². The molecule has 5 rings (SSSR count). The van der Waals surface area contributed by atoms with Crippen LogP contribution in [0.4, 0.5) is 0 Å². The number of hydrogen-bond donors (Lipinski definition) is 0. The van der Waals surface area contributed by atoms with Gasteiger partial charge < -0.3 is 14.4 Å². The third kappa shape index (κ3) is 2.53. The highest BCUT2D eigenvalue weighted by Crippen LogP contribution is 2.46. The summed E-state index contributed by atoms with van der Waals surface area (Å²) < 4.78 is 11.4. The zero-order valence-electron chi connectivity index (χ0n) is 16.0. The van der Waals surface area contributed by atoms with E-state index in [9.17, 15) is 4.79 Å². The van der Waals surface area contributed by atoms with Crippen molar-refractivity contribution in [2.45, 2.75) is 44.1 Å². The molecule has 0 aromatic heterocycles. The highest BCUT2D eigenvalue weighted by Gasteiger charge is 2.46. The van der Waals surface area contributed by atoms with Gasteiger partial charge in [-0.1, -0.05) is 31.2 Å². The number of fused-ring (bicyclic) bond motifs is 4. The highest BCUT2D eigenvalue weighted by atomic mass is 16.6. The average Bonchev–Trinajstić information content (AvgIpc) is 2.70. The molecule has 0 N–H and O–H groups in total. The lowest BCUT2D eigenvalue weighted by molar-refractivity contribution is -0.138. The van der Waals surface area contributed by atoms with Crippen LogP contribution in [0.2, 0.25) is 0 Å². The number of carbonyl (C=O) groups is 1. The molecular formula is C23H25NO3. The Balaban J connectivity index is 1.52. The first kappa shape index (κ1) is 16.7. The molecule has 1 amide bonds. The summed E-state index contributed by atoms with van der Waals surface area (Å²) in [4.78, 5) is 14.2. The van der Waals surface area contributed by atoms with Gasteiger partial charge in [-0.05, 0) is 53.6 Å². The second-order valence-electron chi connectivity index (χ2n) is 8.21. The molecular weight excluding hydrogens is 338 g/mol. The Hall–Kier alpha value is -2.49. The molecule has 2 aliphatic heterocycles. The van der Waals surface area contributed by atoms with Crippen LogP contribution in [0.15, 0.2) is 36.4 Å². The van der Waals surface area contributed by atoms with Crippen LogP contribution in [0.1, 0.15) is 37.3 Å². The summed E-state index contributed by atoms with van der Waals surface area (Å²) in [5.74, 6) is 1.94. The molecule has 0 spiro atoms. The van der Waals surface area contributed by atoms with Gasteiger partial charge in [-0.25, -0.2) is 0 Å². The van der Waals surface area contributed by atoms with E-state index < -0.39 is 0 Å². The van der Waals surface area contributed by atoms with Crippen LogP contribution >= 0.6 is 0 Å². The van der Waals surface area contributed by atoms with Crippen LogP contribution < -0.4 is 9.47 Å². The van der Waals surface area contributed by atoms with E-state index in [2.05, 4.69) is 37.3 Å². The summed E-state index contributed by atoms with van der Waals surface area (Å²) in [6.07, 6.45) is 3.64. The van der Waals surface area contributed by atoms with E-state index in [-0.39, 0.29) is 11.3 Å². The fourth-order valence-corrected chi connectivity index (χ4v) is 5.19. The first-order chi connectivity index (χ1) is 13.1. The van der Waals surface area contributed by atoms with Crippen molar-refractivity contribution in [2.75, 3.05) is 20.3 Å². The summed E-state index contributed by atoms with van der Waals surface area (Å²) >= 11 is 0. The second-order valence-corrected chi connectivity index (χ2v) is 8.21. The lowest BCUT2D eigenvalue weighted by Gasteiger charge is -2.50. The second kappa shape index (κ2) is 6.01. The van der Waals surface area contributed by atoms with E-state index >= 15 is 0 Å². The zero-order chi connectivity index (χ0) is 18.6. The topological polar surface area (TPSA) is 38.8 Å². The van der Waals surface area contributed by atoms with Crippen LogP contribution in [0.3, 0.4) is 0 Å². The molecule has 140 valence electrons. The quantitative estimate of drug-likeness (QED) is 0.770. The van der Waals surface area contributed by atoms with Gasteiger partial charge >= 0.3 is 0 Å². The first-order valence-electron chi connectivity index (χ1n) is 9.85. The standard InChI is InChI=1S/C23H25NO3/c1-23-10-9-22(25)24(2)21(23)8-5-17-13-15(3-6-18(17)23)16-4-7-19-20(14-16)27-12-11-26-19/h3-4,6-7,13-14,21H,5,8-12H2,1-2H3/t21-,23-/m1/s1. The molecule has 27 heavy (non-hydrogen) atoms. The van der Waals surface area contributed by atoms with Crippen molar-refractivity contribution in [3.05, 3.63) is 47.5 Å². The van der Waals surface area contributed by atoms with Gasteiger partial charge in [-0.3, -0.25) is 4.79 Å². The molecule has 0 radical (unpaired) electrons. The maximum atomic E-state index is 12.2. The number of carbonyl (C=O) groups excluding carboxylic acids is 1. The smallest absolute Gasteiger partial charge is 0.222 e. The number of hydrogen-bond acceptors (Lipinski definition) is 3. The lowest BCUT2D eigenvalue weighted by Crippen LogP contribution is -2.56. The molecule has 1 aliphatic carbocycles. The van der Waals surface area contributed by atoms with Gasteiger partial charge in [0.2, 0.25) is 5.91 Å². The Kier molecular flexibility index (Phi) is 3.71. The maximum absolute atomic E-state index is 12.2. The summed E-state index contributed by atoms with van der Waals surface area (Å²) in [7, 11) is 1.97. The number of piperidine rings is 1. The summed E-state index contributed by atoms with van der Waals surface area (Å²) in [6.45, 7) is 3.55. The van der Waals surface area contributed by atoms with Crippen molar-refractivity contribution >= 4 is 5.91 Å². The normalized spacial score (nSPS) is 26.4. The van der Waals surface area contributed by atoms with Gasteiger partial charge in [0.1, 0.15) is 13.2 Å². The number of rotatable bonds is 1. The van der Waals surface area contributed by atoms with Crippen molar-refractivity contribution in [3.8, 4) is 22.6 Å². The van der Waals surface area contributed by atoms with Gasteiger partial charge in [0, 0.05) is 24.9 Å². The average molecular weight is 363 g/mol. The Morgan fingerprint density at radius 3 is 2.59 bits per heavy atom. The van der Waals surface area contributed by atoms with Crippen LogP contribution in [0.5, 0.6) is 11.5 Å². The van der Waals surface area contributed by atoms with Crippen molar-refractivity contribution < 1.29 is 14.3 Å². The van der Waals surface area contributed by atoms with E-state index in [4.69, 9.17) is 9.47 Å². The van der Waals surface area contributed by atoms with Gasteiger partial charge in [0.15, 0.2) is 11.5 Å². The van der Waals surface area contributed by atoms with Crippen molar-refractivity contribution in [2.24, 2.45) is 0 Å². The Labute approximate surface area is 160 Å². The minimum absolute atomic E-state index is 0.0571. The van der Waals surface area contributed by atoms with E-state index in [0.29, 0.717) is 25.7 Å². The molecule has 1 fully saturated rings. The number of amides is 1. The number of aryl methyl sites for hydroxylation is 1. The summed E-state index contributed by atoms with van der Waals surface area (Å²) in [5, 5.41) is 0. The fourth-order valence-electron chi connectivity index (χ4n) is 5.19. The zero-order valence-corrected chi connectivity index (χ0v) is 16.0. The van der Waals surface area contributed by atoms with Gasteiger partial charge in [0.05, 0.1) is 0 Å². The Morgan fingerprint density at radius 2 is 1.74 bits per heavy atom. The molecule has 2 aromatic carbocycles. The molecule has 0 saturated carbocycles. The maximum Gasteiger partial charge on any atom is 0.222 e. The summed E-state index contributed by atoms with van der Waals surface area (Å²) in [5.41, 5.74) is 5.27. The minimum atomic E-state index is 0.0571. The third-order valence-corrected chi connectivity index (χ3v) is 6.74. The van der Waals surface area contributed by atoms with Crippen LogP contribution in [-0.4, -0.2) is 37.1 Å². The fraction of sp³-hybridized carbons (Fsp3) is 0.435. The van der Waals surface area contributed by atoms with Crippen molar-refractivity contribution in [1.82, 2.24) is 4.90 Å². The number of nitrogens with zero attached hydrogens (tertiary/aromatic N) is 1. The molecule has 1 saturated heterocycles. The number of likely N-dealkylation sites (N-methyl/N-ethyl adjacent to an activating group) is 1. The minimum Gasteiger partial charge on any atom is -0.486 e. The predicted octanol–water partition coefficient (Wildman–Crippen LogP) is 3.95. The molecule has 3 aliphatic rings. The molecule has 4 heteroatoms. The molecule has 2 atom stereocenters. The molecule has 4 nitrogen and oxygen atoms in total. The summed E-state index contributed by atoms with van der Waals surface area (Å²) in [6, 6.07) is 13.3. The Bertz CT molecular complexity index is 922. The van der Waals surface area contributed by atoms with E-state index in [1.165, 1.54) is 16.7 Å². The third-order valence-electron chi connectivity index (χ3n) is 6.74. The molecule has 2 aromatic rings. The molecule has 2 heterocycles. The van der Waals surface area contributed by atoms with Gasteiger partial charge in [-0.15, -0.1) is 0 Å². The molecule has 0 unspecified atom stereocenters.